The number of imidazole rings is 1. The fraction of sp³-hybridized carbons (Fsp3) is 0.100. The van der Waals surface area contributed by atoms with Crippen molar-refractivity contribution in [3.05, 3.63) is 76.4 Å². The fourth-order valence-corrected chi connectivity index (χ4v) is 3.72. The molecule has 0 spiro atoms. The number of hydrogen-bond donors (Lipinski definition) is 1. The van der Waals surface area contributed by atoms with E-state index in [1.54, 1.807) is 24.3 Å². The summed E-state index contributed by atoms with van der Waals surface area (Å²) in [7, 11) is 0. The molecule has 6 heteroatoms. The summed E-state index contributed by atoms with van der Waals surface area (Å²) in [5, 5.41) is 5.51. The molecule has 4 nitrogen and oxygen atoms in total. The third kappa shape index (κ3) is 3.49. The van der Waals surface area contributed by atoms with Gasteiger partial charge in [-0.15, -0.1) is 11.3 Å². The number of nitrogens with zero attached hydrogens (tertiary/aromatic N) is 2. The number of hydrogen-bond acceptors (Lipinski definition) is 3. The lowest BCUT2D eigenvalue weighted by atomic mass is 10.1. The van der Waals surface area contributed by atoms with E-state index in [0.717, 1.165) is 27.6 Å². The number of aromatic nitrogens is 2. The Morgan fingerprint density at radius 3 is 2.62 bits per heavy atom. The van der Waals surface area contributed by atoms with Crippen molar-refractivity contribution in [3.63, 3.8) is 0 Å². The zero-order chi connectivity index (χ0) is 18.1. The first-order valence-electron chi connectivity index (χ1n) is 8.16. The van der Waals surface area contributed by atoms with Gasteiger partial charge in [-0.05, 0) is 31.2 Å². The summed E-state index contributed by atoms with van der Waals surface area (Å²) in [5.74, 6) is -0.0717. The lowest BCUT2D eigenvalue weighted by Gasteiger charge is -2.04. The van der Waals surface area contributed by atoms with Crippen LogP contribution in [0.4, 0.5) is 5.69 Å². The van der Waals surface area contributed by atoms with Crippen LogP contribution >= 0.6 is 22.9 Å². The molecule has 0 unspecified atom stereocenters. The Balaban J connectivity index is 1.54. The number of carbonyl (C=O) groups is 1. The summed E-state index contributed by atoms with van der Waals surface area (Å²) in [6.07, 6.45) is 2.27. The van der Waals surface area contributed by atoms with Gasteiger partial charge in [0.1, 0.15) is 0 Å². The molecule has 2 aromatic carbocycles. The molecule has 0 aliphatic rings. The Morgan fingerprint density at radius 2 is 1.88 bits per heavy atom. The zero-order valence-electron chi connectivity index (χ0n) is 14.1. The quantitative estimate of drug-likeness (QED) is 0.527. The van der Waals surface area contributed by atoms with Gasteiger partial charge in [-0.25, -0.2) is 4.98 Å². The van der Waals surface area contributed by atoms with Crippen LogP contribution in [0.25, 0.3) is 16.2 Å². The van der Waals surface area contributed by atoms with Crippen LogP contribution in [0.3, 0.4) is 0 Å². The van der Waals surface area contributed by atoms with Crippen LogP contribution in [0.5, 0.6) is 0 Å². The van der Waals surface area contributed by atoms with Crippen LogP contribution in [-0.2, 0) is 11.2 Å². The molecule has 0 radical (unpaired) electrons. The smallest absolute Gasteiger partial charge is 0.230 e. The average molecular weight is 382 g/mol. The standard InChI is InChI=1S/C20H16ClN3OS/c1-13-2-4-14(5-3-13)18-11-24-17(12-26-20(24)23-18)10-19(25)22-16-8-6-15(21)7-9-16/h2-9,11-12H,10H2,1H3,(H,22,25). The minimum absolute atomic E-state index is 0.0717. The number of halogens is 1. The Morgan fingerprint density at radius 1 is 1.15 bits per heavy atom. The van der Waals surface area contributed by atoms with E-state index in [2.05, 4.69) is 41.5 Å². The lowest BCUT2D eigenvalue weighted by Crippen LogP contribution is -2.15. The number of carbonyl (C=O) groups excluding carboxylic acids is 1. The number of benzene rings is 2. The molecule has 130 valence electrons. The predicted octanol–water partition coefficient (Wildman–Crippen LogP) is 5.21. The molecule has 26 heavy (non-hydrogen) atoms. The summed E-state index contributed by atoms with van der Waals surface area (Å²) in [5.41, 5.74) is 4.85. The molecule has 4 rings (SSSR count). The third-order valence-electron chi connectivity index (χ3n) is 4.10. The average Bonchev–Trinajstić information content (AvgIpc) is 3.20. The minimum Gasteiger partial charge on any atom is -0.326 e. The van der Waals surface area contributed by atoms with Crippen molar-refractivity contribution in [1.82, 2.24) is 9.38 Å². The molecular formula is C20H16ClN3OS. The molecule has 1 amide bonds. The highest BCUT2D eigenvalue weighted by molar-refractivity contribution is 7.15. The molecule has 0 bridgehead atoms. The normalized spacial score (nSPS) is 11.0. The molecule has 0 aliphatic carbocycles. The molecule has 0 aliphatic heterocycles. The van der Waals surface area contributed by atoms with E-state index in [4.69, 9.17) is 11.6 Å². The second-order valence-electron chi connectivity index (χ2n) is 6.10. The molecule has 1 N–H and O–H groups in total. The van der Waals surface area contributed by atoms with Gasteiger partial charge in [0.15, 0.2) is 4.96 Å². The number of anilines is 1. The highest BCUT2D eigenvalue weighted by Crippen LogP contribution is 2.24. The summed E-state index contributed by atoms with van der Waals surface area (Å²) in [6.45, 7) is 2.06. The van der Waals surface area contributed by atoms with Gasteiger partial charge in [-0.1, -0.05) is 41.4 Å². The number of aryl methyl sites for hydroxylation is 1. The summed E-state index contributed by atoms with van der Waals surface area (Å²) >= 11 is 7.41. The highest BCUT2D eigenvalue weighted by atomic mass is 35.5. The monoisotopic (exact) mass is 381 g/mol. The van der Waals surface area contributed by atoms with Crippen LogP contribution < -0.4 is 5.32 Å². The Labute approximate surface area is 160 Å². The molecule has 2 heterocycles. The zero-order valence-corrected chi connectivity index (χ0v) is 15.6. The predicted molar refractivity (Wildman–Crippen MR) is 107 cm³/mol. The molecular weight excluding hydrogens is 366 g/mol. The van der Waals surface area contributed by atoms with E-state index in [0.29, 0.717) is 5.02 Å². The third-order valence-corrected chi connectivity index (χ3v) is 5.24. The fourth-order valence-electron chi connectivity index (χ4n) is 2.72. The molecule has 0 atom stereocenters. The summed E-state index contributed by atoms with van der Waals surface area (Å²) < 4.78 is 1.99. The number of rotatable bonds is 4. The van der Waals surface area contributed by atoms with Crippen molar-refractivity contribution >= 4 is 39.5 Å². The molecule has 0 fully saturated rings. The van der Waals surface area contributed by atoms with Crippen molar-refractivity contribution in [1.29, 1.82) is 0 Å². The maximum atomic E-state index is 12.3. The van der Waals surface area contributed by atoms with Gasteiger partial charge in [0, 0.05) is 33.5 Å². The number of thiazole rings is 1. The van der Waals surface area contributed by atoms with Crippen molar-refractivity contribution in [2.45, 2.75) is 13.3 Å². The Bertz CT molecular complexity index is 1060. The van der Waals surface area contributed by atoms with Gasteiger partial charge in [0.2, 0.25) is 5.91 Å². The van der Waals surface area contributed by atoms with Gasteiger partial charge >= 0.3 is 0 Å². The Kier molecular flexibility index (Phi) is 4.49. The van der Waals surface area contributed by atoms with Crippen molar-refractivity contribution in [2.75, 3.05) is 5.32 Å². The second kappa shape index (κ2) is 6.94. The molecule has 0 saturated carbocycles. The highest BCUT2D eigenvalue weighted by Gasteiger charge is 2.12. The first-order chi connectivity index (χ1) is 12.6. The van der Waals surface area contributed by atoms with Gasteiger partial charge in [0.25, 0.3) is 0 Å². The van der Waals surface area contributed by atoms with Crippen molar-refractivity contribution in [2.24, 2.45) is 0 Å². The largest absolute Gasteiger partial charge is 0.326 e. The van der Waals surface area contributed by atoms with Crippen LogP contribution in [0.2, 0.25) is 5.02 Å². The number of nitrogens with one attached hydrogen (secondary N) is 1. The van der Waals surface area contributed by atoms with Gasteiger partial charge in [-0.2, -0.15) is 0 Å². The van der Waals surface area contributed by atoms with E-state index < -0.39 is 0 Å². The van der Waals surface area contributed by atoms with Gasteiger partial charge in [0.05, 0.1) is 12.1 Å². The first-order valence-corrected chi connectivity index (χ1v) is 9.42. The van der Waals surface area contributed by atoms with Crippen LogP contribution in [0.1, 0.15) is 11.3 Å². The van der Waals surface area contributed by atoms with E-state index in [1.165, 1.54) is 16.9 Å². The molecule has 0 saturated heterocycles. The summed E-state index contributed by atoms with van der Waals surface area (Å²) in [6, 6.07) is 15.4. The first kappa shape index (κ1) is 16.8. The van der Waals surface area contributed by atoms with E-state index in [-0.39, 0.29) is 12.3 Å². The van der Waals surface area contributed by atoms with E-state index >= 15 is 0 Å². The number of amides is 1. The van der Waals surface area contributed by atoms with Crippen LogP contribution in [0.15, 0.2) is 60.1 Å². The number of fused-ring (bicyclic) bond motifs is 1. The van der Waals surface area contributed by atoms with E-state index in [9.17, 15) is 4.79 Å². The molecule has 4 aromatic rings. The van der Waals surface area contributed by atoms with Crippen LogP contribution in [-0.4, -0.2) is 15.3 Å². The minimum atomic E-state index is -0.0717. The SMILES string of the molecule is Cc1ccc(-c2cn3c(CC(=O)Nc4ccc(Cl)cc4)csc3n2)cc1. The molecule has 2 aromatic heterocycles. The van der Waals surface area contributed by atoms with Gasteiger partial charge in [-0.3, -0.25) is 9.20 Å². The topological polar surface area (TPSA) is 46.4 Å². The van der Waals surface area contributed by atoms with E-state index in [1.807, 2.05) is 16.0 Å². The van der Waals surface area contributed by atoms with Crippen molar-refractivity contribution < 1.29 is 4.79 Å². The van der Waals surface area contributed by atoms with Crippen molar-refractivity contribution in [3.8, 4) is 11.3 Å². The Hall–Kier alpha value is -2.63. The second-order valence-corrected chi connectivity index (χ2v) is 7.38. The van der Waals surface area contributed by atoms with Crippen LogP contribution in [0, 0.1) is 6.92 Å². The lowest BCUT2D eigenvalue weighted by molar-refractivity contribution is -0.115. The summed E-state index contributed by atoms with van der Waals surface area (Å²) in [4.78, 5) is 17.9. The maximum Gasteiger partial charge on any atom is 0.230 e. The van der Waals surface area contributed by atoms with Gasteiger partial charge < -0.3 is 5.32 Å². The maximum absolute atomic E-state index is 12.3.